The molecule has 3 heterocycles. The summed E-state index contributed by atoms with van der Waals surface area (Å²) in [5, 5.41) is 21.7. The summed E-state index contributed by atoms with van der Waals surface area (Å²) in [5.41, 5.74) is 1.35. The minimum Gasteiger partial charge on any atom is -0.478 e. The van der Waals surface area contributed by atoms with E-state index in [2.05, 4.69) is 61.5 Å². The van der Waals surface area contributed by atoms with Gasteiger partial charge < -0.3 is 20.4 Å². The highest BCUT2D eigenvalue weighted by atomic mass is 16.4. The maximum absolute atomic E-state index is 9.55. The van der Waals surface area contributed by atoms with E-state index in [-0.39, 0.29) is 0 Å². The summed E-state index contributed by atoms with van der Waals surface area (Å²) in [7, 11) is 0. The molecule has 4 rings (SSSR count). The minimum absolute atomic E-state index is 0.558. The first kappa shape index (κ1) is 23.9. The lowest BCUT2D eigenvalue weighted by Crippen LogP contribution is -2.48. The Labute approximate surface area is 192 Å². The van der Waals surface area contributed by atoms with Crippen LogP contribution in [0.5, 0.6) is 0 Å². The van der Waals surface area contributed by atoms with Gasteiger partial charge in [0.25, 0.3) is 0 Å². The molecule has 0 unspecified atom stereocenters. The number of nitrogens with zero attached hydrogens (tertiary/aromatic N) is 4. The van der Waals surface area contributed by atoms with Gasteiger partial charge in [-0.1, -0.05) is 24.3 Å². The van der Waals surface area contributed by atoms with Gasteiger partial charge in [0.15, 0.2) is 0 Å². The molecule has 174 valence electrons. The van der Waals surface area contributed by atoms with Crippen molar-refractivity contribution in [2.75, 3.05) is 50.7 Å². The molecule has 3 N–H and O–H groups in total. The number of para-hydroxylation sites is 1. The van der Waals surface area contributed by atoms with Gasteiger partial charge in [-0.25, -0.2) is 14.6 Å². The minimum atomic E-state index is -1.26. The van der Waals surface area contributed by atoms with Crippen LogP contribution >= 0.6 is 0 Å². The predicted molar refractivity (Wildman–Crippen MR) is 125 cm³/mol. The summed E-state index contributed by atoms with van der Waals surface area (Å²) >= 11 is 0. The van der Waals surface area contributed by atoms with E-state index < -0.39 is 11.9 Å². The topological polar surface area (TPSA) is 118 Å². The molecular weight excluding hydrogens is 422 g/mol. The van der Waals surface area contributed by atoms with E-state index in [1.165, 1.54) is 10.9 Å². The molecule has 1 saturated heterocycles. The van der Waals surface area contributed by atoms with Crippen LogP contribution in [0.3, 0.4) is 0 Å². The Morgan fingerprint density at radius 1 is 0.970 bits per heavy atom. The fourth-order valence-electron chi connectivity index (χ4n) is 3.72. The molecule has 0 spiro atoms. The van der Waals surface area contributed by atoms with Crippen LogP contribution in [0.15, 0.2) is 65.8 Å². The fourth-order valence-corrected chi connectivity index (χ4v) is 3.72. The van der Waals surface area contributed by atoms with Gasteiger partial charge in [0, 0.05) is 81.5 Å². The Hall–Kier alpha value is -3.72. The Bertz CT molecular complexity index is 1060. The van der Waals surface area contributed by atoms with Crippen LogP contribution in [0, 0.1) is 0 Å². The molecular formula is C24H29N5O4. The van der Waals surface area contributed by atoms with E-state index in [0.29, 0.717) is 12.2 Å². The van der Waals surface area contributed by atoms with Crippen LogP contribution in [0.25, 0.3) is 5.70 Å². The Kier molecular flexibility index (Phi) is 8.96. The third kappa shape index (κ3) is 7.73. The van der Waals surface area contributed by atoms with Crippen molar-refractivity contribution in [3.63, 3.8) is 0 Å². The summed E-state index contributed by atoms with van der Waals surface area (Å²) in [4.78, 5) is 33.1. The number of hydrogen-bond acceptors (Lipinski definition) is 7. The van der Waals surface area contributed by atoms with E-state index >= 15 is 0 Å². The number of carboxylic acids is 2. The van der Waals surface area contributed by atoms with Crippen molar-refractivity contribution in [3.8, 4) is 0 Å². The van der Waals surface area contributed by atoms with E-state index in [9.17, 15) is 9.59 Å². The Balaban J connectivity index is 0.000000331. The molecule has 9 nitrogen and oxygen atoms in total. The molecule has 33 heavy (non-hydrogen) atoms. The highest BCUT2D eigenvalue weighted by Crippen LogP contribution is 2.12. The van der Waals surface area contributed by atoms with Crippen molar-refractivity contribution in [2.45, 2.75) is 6.42 Å². The number of rotatable bonds is 7. The number of piperazine rings is 1. The first-order chi connectivity index (χ1) is 16.0. The first-order valence-corrected chi connectivity index (χ1v) is 10.9. The summed E-state index contributed by atoms with van der Waals surface area (Å²) in [6.07, 6.45) is 4.01. The third-order valence-electron chi connectivity index (χ3n) is 5.35. The van der Waals surface area contributed by atoms with E-state index in [0.717, 1.165) is 63.4 Å². The van der Waals surface area contributed by atoms with Gasteiger partial charge in [0.05, 0.1) is 5.36 Å². The second-order valence-electron chi connectivity index (χ2n) is 7.58. The van der Waals surface area contributed by atoms with Crippen LogP contribution in [0.2, 0.25) is 0 Å². The molecule has 0 amide bonds. The largest absolute Gasteiger partial charge is 0.478 e. The zero-order valence-electron chi connectivity index (χ0n) is 18.4. The Morgan fingerprint density at radius 2 is 1.67 bits per heavy atom. The molecule has 0 atom stereocenters. The highest BCUT2D eigenvalue weighted by Gasteiger charge is 2.17. The van der Waals surface area contributed by atoms with Crippen molar-refractivity contribution >= 4 is 23.5 Å². The van der Waals surface area contributed by atoms with Gasteiger partial charge in [0.2, 0.25) is 0 Å². The van der Waals surface area contributed by atoms with Crippen molar-refractivity contribution in [2.24, 2.45) is 4.99 Å². The van der Waals surface area contributed by atoms with Crippen LogP contribution in [-0.2, 0) is 9.59 Å². The van der Waals surface area contributed by atoms with Gasteiger partial charge in [-0.3, -0.25) is 9.89 Å². The third-order valence-corrected chi connectivity index (χ3v) is 5.35. The van der Waals surface area contributed by atoms with Gasteiger partial charge >= 0.3 is 11.9 Å². The molecule has 2 aromatic rings. The molecule has 9 heteroatoms. The predicted octanol–water partition coefficient (Wildman–Crippen LogP) is 0.337. The summed E-state index contributed by atoms with van der Waals surface area (Å²) in [5.74, 6) is -1.42. The number of carbonyl (C=O) groups is 2. The van der Waals surface area contributed by atoms with E-state index in [4.69, 9.17) is 10.2 Å². The van der Waals surface area contributed by atoms with Crippen LogP contribution < -0.4 is 20.8 Å². The monoisotopic (exact) mass is 451 g/mol. The second-order valence-corrected chi connectivity index (χ2v) is 7.58. The number of nitrogens with one attached hydrogen (secondary N) is 1. The SMILES string of the molecule is O=C(O)C=CC(=O)O.c1ccc(N2CCN(CCNC3=c4ccccc4=NCC3)CC2)nc1. The molecule has 0 aliphatic carbocycles. The smallest absolute Gasteiger partial charge is 0.328 e. The number of anilines is 1. The molecule has 0 radical (unpaired) electrons. The summed E-state index contributed by atoms with van der Waals surface area (Å²) in [6.45, 7) is 7.26. The number of benzene rings is 1. The lowest BCUT2D eigenvalue weighted by Gasteiger charge is -2.35. The number of hydrogen-bond donors (Lipinski definition) is 3. The molecule has 0 saturated carbocycles. The van der Waals surface area contributed by atoms with Gasteiger partial charge in [-0.05, 0) is 18.2 Å². The normalized spacial score (nSPS) is 15.8. The van der Waals surface area contributed by atoms with Crippen LogP contribution in [-0.4, -0.2) is 77.8 Å². The highest BCUT2D eigenvalue weighted by molar-refractivity contribution is 5.89. The molecule has 1 fully saturated rings. The number of carboxylic acid groups (broad SMARTS) is 2. The Morgan fingerprint density at radius 3 is 2.33 bits per heavy atom. The number of fused-ring (bicyclic) bond motifs is 1. The number of aromatic nitrogens is 1. The fraction of sp³-hybridized carbons (Fsp3) is 0.333. The standard InChI is InChI=1S/C20H25N5.C4H4O4/c1-2-6-18-17(5-1)19(8-10-21-18)22-11-12-24-13-15-25(16-14-24)20-7-3-4-9-23-20;5-3(6)1-2-4(7)8/h1-7,9,22H,8,10-16H2;1-2H,(H,5,6)(H,7,8). The molecule has 2 aliphatic heterocycles. The van der Waals surface area contributed by atoms with Crippen molar-refractivity contribution in [1.82, 2.24) is 15.2 Å². The maximum atomic E-state index is 9.55. The van der Waals surface area contributed by atoms with Crippen molar-refractivity contribution in [1.29, 1.82) is 0 Å². The van der Waals surface area contributed by atoms with Crippen LogP contribution in [0.1, 0.15) is 6.42 Å². The second kappa shape index (κ2) is 12.4. The van der Waals surface area contributed by atoms with Gasteiger partial charge in [-0.2, -0.15) is 0 Å². The zero-order valence-corrected chi connectivity index (χ0v) is 18.4. The van der Waals surface area contributed by atoms with Crippen molar-refractivity contribution < 1.29 is 19.8 Å². The van der Waals surface area contributed by atoms with Gasteiger partial charge in [0.1, 0.15) is 5.82 Å². The summed E-state index contributed by atoms with van der Waals surface area (Å²) < 4.78 is 0. The van der Waals surface area contributed by atoms with Crippen molar-refractivity contribution in [3.05, 3.63) is 71.4 Å². The quantitative estimate of drug-likeness (QED) is 0.516. The lowest BCUT2D eigenvalue weighted by molar-refractivity contribution is -0.134. The van der Waals surface area contributed by atoms with E-state index in [1.807, 2.05) is 12.3 Å². The molecule has 2 aliphatic rings. The average molecular weight is 452 g/mol. The number of pyridine rings is 1. The average Bonchev–Trinajstić information content (AvgIpc) is 2.84. The van der Waals surface area contributed by atoms with Gasteiger partial charge in [-0.15, -0.1) is 0 Å². The zero-order chi connectivity index (χ0) is 23.5. The summed E-state index contributed by atoms with van der Waals surface area (Å²) in [6, 6.07) is 14.6. The molecule has 1 aromatic carbocycles. The number of aliphatic carboxylic acids is 2. The van der Waals surface area contributed by atoms with E-state index in [1.54, 1.807) is 0 Å². The molecule has 1 aromatic heterocycles. The maximum Gasteiger partial charge on any atom is 0.328 e. The first-order valence-electron chi connectivity index (χ1n) is 10.9. The lowest BCUT2D eigenvalue weighted by atomic mass is 10.1. The van der Waals surface area contributed by atoms with Crippen LogP contribution in [0.4, 0.5) is 5.82 Å². The molecule has 0 bridgehead atoms.